The smallest absolute Gasteiger partial charge is 0.311 e. The average Bonchev–Trinajstić information content (AvgIpc) is 2.71. The van der Waals surface area contributed by atoms with Gasteiger partial charge in [0.05, 0.1) is 6.42 Å². The standard InChI is InChI=1S/C23H28N2O3/c1-17-6-8-19(9-7-17)16-22(26)28-18(2)23(27)24-20-10-12-21(13-11-20)25-14-4-3-5-15-25/h6-13,18H,3-5,14-16H2,1-2H3,(H,24,27)/t18-/m0/s1. The molecule has 2 aromatic rings. The number of carbonyl (C=O) groups excluding carboxylic acids is 2. The summed E-state index contributed by atoms with van der Waals surface area (Å²) in [5.74, 6) is -0.741. The van der Waals surface area contributed by atoms with Gasteiger partial charge in [0.15, 0.2) is 6.10 Å². The van der Waals surface area contributed by atoms with Crippen molar-refractivity contribution in [2.75, 3.05) is 23.3 Å². The molecule has 0 unspecified atom stereocenters. The van der Waals surface area contributed by atoms with Crippen molar-refractivity contribution in [1.29, 1.82) is 0 Å². The van der Waals surface area contributed by atoms with Crippen LogP contribution in [0.5, 0.6) is 0 Å². The van der Waals surface area contributed by atoms with Crippen LogP contribution in [0, 0.1) is 6.92 Å². The fraction of sp³-hybridized carbons (Fsp3) is 0.391. The molecule has 1 heterocycles. The molecule has 1 atom stereocenters. The summed E-state index contributed by atoms with van der Waals surface area (Å²) in [6.45, 7) is 5.75. The van der Waals surface area contributed by atoms with Crippen LogP contribution in [0.25, 0.3) is 0 Å². The number of hydrogen-bond donors (Lipinski definition) is 1. The van der Waals surface area contributed by atoms with Gasteiger partial charge in [-0.05, 0) is 62.9 Å². The summed E-state index contributed by atoms with van der Waals surface area (Å²) in [5, 5.41) is 2.81. The van der Waals surface area contributed by atoms with Crippen molar-refractivity contribution in [2.24, 2.45) is 0 Å². The first-order valence-corrected chi connectivity index (χ1v) is 9.92. The molecule has 0 aliphatic carbocycles. The second-order valence-electron chi connectivity index (χ2n) is 7.38. The molecule has 1 aliphatic rings. The van der Waals surface area contributed by atoms with Gasteiger partial charge in [-0.25, -0.2) is 0 Å². The Hall–Kier alpha value is -2.82. The van der Waals surface area contributed by atoms with Crippen LogP contribution in [0.1, 0.15) is 37.3 Å². The minimum atomic E-state index is -0.847. The van der Waals surface area contributed by atoms with E-state index in [-0.39, 0.29) is 12.3 Å². The number of amides is 1. The summed E-state index contributed by atoms with van der Waals surface area (Å²) in [6.07, 6.45) is 3.06. The number of rotatable bonds is 6. The first kappa shape index (κ1) is 19.9. The summed E-state index contributed by atoms with van der Waals surface area (Å²) in [7, 11) is 0. The van der Waals surface area contributed by atoms with Gasteiger partial charge in [-0.15, -0.1) is 0 Å². The molecule has 0 spiro atoms. The van der Waals surface area contributed by atoms with E-state index in [1.165, 1.54) is 24.9 Å². The molecule has 0 aromatic heterocycles. The average molecular weight is 380 g/mol. The monoisotopic (exact) mass is 380 g/mol. The first-order valence-electron chi connectivity index (χ1n) is 9.92. The molecule has 28 heavy (non-hydrogen) atoms. The van der Waals surface area contributed by atoms with Gasteiger partial charge in [0.25, 0.3) is 5.91 Å². The maximum Gasteiger partial charge on any atom is 0.311 e. The van der Waals surface area contributed by atoms with Crippen molar-refractivity contribution in [3.8, 4) is 0 Å². The number of carbonyl (C=O) groups is 2. The number of ether oxygens (including phenoxy) is 1. The molecule has 0 bridgehead atoms. The Balaban J connectivity index is 1.49. The van der Waals surface area contributed by atoms with Crippen LogP contribution in [-0.4, -0.2) is 31.1 Å². The van der Waals surface area contributed by atoms with Crippen LogP contribution in [-0.2, 0) is 20.7 Å². The van der Waals surface area contributed by atoms with E-state index in [4.69, 9.17) is 4.74 Å². The molecule has 0 saturated carbocycles. The Kier molecular flexibility index (Phi) is 6.69. The lowest BCUT2D eigenvalue weighted by atomic mass is 10.1. The van der Waals surface area contributed by atoms with Crippen molar-refractivity contribution in [3.05, 3.63) is 59.7 Å². The fourth-order valence-corrected chi connectivity index (χ4v) is 3.32. The van der Waals surface area contributed by atoms with Crippen LogP contribution in [0.4, 0.5) is 11.4 Å². The van der Waals surface area contributed by atoms with Gasteiger partial charge in [-0.3, -0.25) is 9.59 Å². The lowest BCUT2D eigenvalue weighted by Crippen LogP contribution is -2.30. The number of nitrogens with zero attached hydrogens (tertiary/aromatic N) is 1. The number of anilines is 2. The quantitative estimate of drug-likeness (QED) is 0.767. The number of piperidine rings is 1. The Morgan fingerprint density at radius 1 is 1.00 bits per heavy atom. The Bertz CT molecular complexity index is 794. The molecule has 1 N–H and O–H groups in total. The van der Waals surface area contributed by atoms with Gasteiger partial charge in [-0.2, -0.15) is 0 Å². The van der Waals surface area contributed by atoms with Gasteiger partial charge in [0, 0.05) is 24.5 Å². The Labute approximate surface area is 166 Å². The van der Waals surface area contributed by atoms with Gasteiger partial charge >= 0.3 is 5.97 Å². The lowest BCUT2D eigenvalue weighted by Gasteiger charge is -2.28. The zero-order valence-corrected chi connectivity index (χ0v) is 16.6. The number of esters is 1. The van der Waals surface area contributed by atoms with Crippen molar-refractivity contribution >= 4 is 23.3 Å². The third-order valence-corrected chi connectivity index (χ3v) is 5.00. The van der Waals surface area contributed by atoms with Gasteiger partial charge in [0.1, 0.15) is 0 Å². The SMILES string of the molecule is Cc1ccc(CC(=O)O[C@@H](C)C(=O)Nc2ccc(N3CCCCC3)cc2)cc1. The third kappa shape index (κ3) is 5.59. The largest absolute Gasteiger partial charge is 0.452 e. The van der Waals surface area contributed by atoms with E-state index in [2.05, 4.69) is 10.2 Å². The fourth-order valence-electron chi connectivity index (χ4n) is 3.32. The highest BCUT2D eigenvalue weighted by molar-refractivity contribution is 5.95. The predicted octanol–water partition coefficient (Wildman–Crippen LogP) is 4.10. The van der Waals surface area contributed by atoms with E-state index in [9.17, 15) is 9.59 Å². The molecular formula is C23H28N2O3. The van der Waals surface area contributed by atoms with Crippen LogP contribution >= 0.6 is 0 Å². The molecule has 1 saturated heterocycles. The third-order valence-electron chi connectivity index (χ3n) is 5.00. The number of nitrogens with one attached hydrogen (secondary N) is 1. The Morgan fingerprint density at radius 2 is 1.64 bits per heavy atom. The van der Waals surface area contributed by atoms with Crippen molar-refractivity contribution < 1.29 is 14.3 Å². The van der Waals surface area contributed by atoms with E-state index < -0.39 is 12.1 Å². The summed E-state index contributed by atoms with van der Waals surface area (Å²) in [6, 6.07) is 15.5. The molecule has 2 aromatic carbocycles. The molecule has 5 nitrogen and oxygen atoms in total. The molecule has 1 fully saturated rings. The molecular weight excluding hydrogens is 352 g/mol. The zero-order valence-electron chi connectivity index (χ0n) is 16.6. The number of aryl methyl sites for hydroxylation is 1. The summed E-state index contributed by atoms with van der Waals surface area (Å²) >= 11 is 0. The highest BCUT2D eigenvalue weighted by Gasteiger charge is 2.18. The van der Waals surface area contributed by atoms with Crippen LogP contribution in [0.15, 0.2) is 48.5 Å². The number of benzene rings is 2. The van der Waals surface area contributed by atoms with E-state index in [1.54, 1.807) is 6.92 Å². The maximum atomic E-state index is 12.3. The first-order chi connectivity index (χ1) is 13.5. The zero-order chi connectivity index (χ0) is 19.9. The normalized spacial score (nSPS) is 15.0. The molecule has 0 radical (unpaired) electrons. The second-order valence-corrected chi connectivity index (χ2v) is 7.38. The molecule has 148 valence electrons. The summed E-state index contributed by atoms with van der Waals surface area (Å²) in [4.78, 5) is 26.8. The molecule has 1 amide bonds. The van der Waals surface area contributed by atoms with Gasteiger partial charge in [0.2, 0.25) is 0 Å². The van der Waals surface area contributed by atoms with E-state index >= 15 is 0 Å². The molecule has 3 rings (SSSR count). The Morgan fingerprint density at radius 3 is 2.29 bits per heavy atom. The van der Waals surface area contributed by atoms with Crippen LogP contribution < -0.4 is 10.2 Å². The summed E-state index contributed by atoms with van der Waals surface area (Å²) in [5.41, 5.74) is 3.88. The van der Waals surface area contributed by atoms with E-state index in [0.29, 0.717) is 5.69 Å². The number of hydrogen-bond acceptors (Lipinski definition) is 4. The van der Waals surface area contributed by atoms with Crippen molar-refractivity contribution in [3.63, 3.8) is 0 Å². The van der Waals surface area contributed by atoms with E-state index in [0.717, 1.165) is 24.2 Å². The molecule has 1 aliphatic heterocycles. The van der Waals surface area contributed by atoms with Crippen LogP contribution in [0.3, 0.4) is 0 Å². The van der Waals surface area contributed by atoms with Gasteiger partial charge < -0.3 is 15.0 Å². The lowest BCUT2D eigenvalue weighted by molar-refractivity contribution is -0.152. The molecule has 5 heteroatoms. The highest BCUT2D eigenvalue weighted by atomic mass is 16.5. The van der Waals surface area contributed by atoms with Crippen molar-refractivity contribution in [1.82, 2.24) is 0 Å². The highest BCUT2D eigenvalue weighted by Crippen LogP contribution is 2.22. The minimum absolute atomic E-state index is 0.155. The van der Waals surface area contributed by atoms with E-state index in [1.807, 2.05) is 55.5 Å². The van der Waals surface area contributed by atoms with Crippen molar-refractivity contribution in [2.45, 2.75) is 45.6 Å². The summed E-state index contributed by atoms with van der Waals surface area (Å²) < 4.78 is 5.28. The minimum Gasteiger partial charge on any atom is -0.452 e. The maximum absolute atomic E-state index is 12.3. The van der Waals surface area contributed by atoms with Crippen LogP contribution in [0.2, 0.25) is 0 Å². The second kappa shape index (κ2) is 9.40. The predicted molar refractivity (Wildman–Crippen MR) is 112 cm³/mol. The topological polar surface area (TPSA) is 58.6 Å². The van der Waals surface area contributed by atoms with Gasteiger partial charge in [-0.1, -0.05) is 29.8 Å².